The molecule has 0 amide bonds. The molecule has 0 bridgehead atoms. The number of carboxylic acid groups (broad SMARTS) is 1. The fourth-order valence-corrected chi connectivity index (χ4v) is 2.22. The van der Waals surface area contributed by atoms with Gasteiger partial charge >= 0.3 is 5.97 Å². The minimum Gasteiger partial charge on any atom is -0.478 e. The number of benzene rings is 2. The van der Waals surface area contributed by atoms with Crippen LogP contribution in [0.25, 0.3) is 6.08 Å². The van der Waals surface area contributed by atoms with Gasteiger partial charge < -0.3 is 9.84 Å². The van der Waals surface area contributed by atoms with Crippen molar-refractivity contribution in [2.75, 3.05) is 0 Å². The average Bonchev–Trinajstić information content (AvgIpc) is 2.51. The van der Waals surface area contributed by atoms with Crippen LogP contribution in [-0.2, 0) is 15.5 Å². The molecule has 0 saturated heterocycles. The maximum atomic E-state index is 14.0. The summed E-state index contributed by atoms with van der Waals surface area (Å²) in [6, 6.07) is 6.89. The molecule has 8 heteroatoms. The first-order valence-corrected chi connectivity index (χ1v) is 7.78. The summed E-state index contributed by atoms with van der Waals surface area (Å²) in [6.45, 7) is 1.30. The summed E-state index contributed by atoms with van der Waals surface area (Å²) in [5.74, 6) is -3.84. The van der Waals surface area contributed by atoms with Crippen molar-refractivity contribution < 1.29 is 31.8 Å². The molecule has 0 spiro atoms. The quantitative estimate of drug-likeness (QED) is 0.637. The maximum absolute atomic E-state index is 14.0. The van der Waals surface area contributed by atoms with E-state index < -0.39 is 34.1 Å². The van der Waals surface area contributed by atoms with Crippen molar-refractivity contribution in [3.05, 3.63) is 59.2 Å². The Bertz CT molecular complexity index is 855. The van der Waals surface area contributed by atoms with Crippen molar-refractivity contribution >= 4 is 22.7 Å². The lowest BCUT2D eigenvalue weighted by Gasteiger charge is -2.09. The molecule has 0 saturated carbocycles. The summed E-state index contributed by atoms with van der Waals surface area (Å²) in [6.07, 6.45) is 1.12. The van der Waals surface area contributed by atoms with E-state index >= 15 is 0 Å². The zero-order chi connectivity index (χ0) is 17.9. The normalized spacial score (nSPS) is 11.6. The van der Waals surface area contributed by atoms with Crippen molar-refractivity contribution in [3.63, 3.8) is 0 Å². The molecule has 0 aromatic heterocycles. The zero-order valence-corrected chi connectivity index (χ0v) is 13.2. The fourth-order valence-electron chi connectivity index (χ4n) is 1.83. The van der Waals surface area contributed by atoms with E-state index in [2.05, 4.69) is 0 Å². The Morgan fingerprint density at radius 1 is 1.12 bits per heavy atom. The maximum Gasteiger partial charge on any atom is 0.331 e. The van der Waals surface area contributed by atoms with Gasteiger partial charge in [-0.05, 0) is 55.0 Å². The van der Waals surface area contributed by atoms with Crippen LogP contribution < -0.4 is 4.74 Å². The number of carbonyl (C=O) groups is 1. The number of carboxylic acids is 1. The molecule has 2 rings (SSSR count). The Hall–Kier alpha value is -2.74. The lowest BCUT2D eigenvalue weighted by atomic mass is 10.1. The first-order chi connectivity index (χ1) is 11.3. The lowest BCUT2D eigenvalue weighted by molar-refractivity contribution is -0.132. The minimum absolute atomic E-state index is 0.0379. The van der Waals surface area contributed by atoms with E-state index in [1.165, 1.54) is 31.2 Å². The Morgan fingerprint density at radius 3 is 2.12 bits per heavy atom. The SMILES string of the molecule is C/C(=C\c1cc(F)c(Oc2ccc([SH](=O)=O)cc2)c(F)c1)C(=O)O. The van der Waals surface area contributed by atoms with Gasteiger partial charge in [0.25, 0.3) is 0 Å². The number of ether oxygens (including phenoxy) is 1. The molecule has 0 radical (unpaired) electrons. The molecule has 24 heavy (non-hydrogen) atoms. The molecule has 0 heterocycles. The summed E-state index contributed by atoms with van der Waals surface area (Å²) in [4.78, 5) is 10.8. The molecule has 2 aromatic rings. The van der Waals surface area contributed by atoms with Crippen molar-refractivity contribution in [2.24, 2.45) is 0 Å². The average molecular weight is 354 g/mol. The van der Waals surface area contributed by atoms with E-state index in [4.69, 9.17) is 9.84 Å². The van der Waals surface area contributed by atoms with Crippen molar-refractivity contribution in [1.29, 1.82) is 0 Å². The summed E-state index contributed by atoms with van der Waals surface area (Å²) in [5, 5.41) is 8.77. The van der Waals surface area contributed by atoms with Gasteiger partial charge in [-0.1, -0.05) is 0 Å². The smallest absolute Gasteiger partial charge is 0.331 e. The highest BCUT2D eigenvalue weighted by atomic mass is 32.2. The minimum atomic E-state index is -2.76. The second kappa shape index (κ2) is 7.22. The van der Waals surface area contributed by atoms with Crippen LogP contribution in [-0.4, -0.2) is 19.5 Å². The Balaban J connectivity index is 2.31. The van der Waals surface area contributed by atoms with Crippen LogP contribution in [0.4, 0.5) is 8.78 Å². The number of aliphatic carboxylic acids is 1. The van der Waals surface area contributed by atoms with E-state index in [9.17, 15) is 22.0 Å². The molecule has 0 aliphatic heterocycles. The monoisotopic (exact) mass is 354 g/mol. The third kappa shape index (κ3) is 4.17. The number of hydrogen-bond donors (Lipinski definition) is 2. The molecule has 2 aromatic carbocycles. The van der Waals surface area contributed by atoms with Gasteiger partial charge in [-0.15, -0.1) is 0 Å². The summed E-state index contributed by atoms with van der Waals surface area (Å²) >= 11 is 0. The molecule has 0 aliphatic carbocycles. The van der Waals surface area contributed by atoms with E-state index in [1.54, 1.807) is 0 Å². The van der Waals surface area contributed by atoms with Crippen LogP contribution in [0.1, 0.15) is 12.5 Å². The first kappa shape index (κ1) is 17.6. The summed E-state index contributed by atoms with van der Waals surface area (Å²) < 4.78 is 54.7. The Kier molecular flexibility index (Phi) is 5.30. The second-order valence-corrected chi connectivity index (χ2v) is 5.83. The third-order valence-electron chi connectivity index (χ3n) is 3.01. The molecule has 0 atom stereocenters. The zero-order valence-electron chi connectivity index (χ0n) is 12.3. The highest BCUT2D eigenvalue weighted by Gasteiger charge is 2.14. The number of thiol groups is 1. The number of hydrogen-bond acceptors (Lipinski definition) is 4. The van der Waals surface area contributed by atoms with Crippen LogP contribution in [0.15, 0.2) is 46.9 Å². The van der Waals surface area contributed by atoms with Gasteiger partial charge in [0.1, 0.15) is 5.75 Å². The van der Waals surface area contributed by atoms with Crippen molar-refractivity contribution in [1.82, 2.24) is 0 Å². The van der Waals surface area contributed by atoms with Gasteiger partial charge in [0.05, 0.1) is 4.90 Å². The van der Waals surface area contributed by atoms with Crippen LogP contribution in [0.3, 0.4) is 0 Å². The summed E-state index contributed by atoms with van der Waals surface area (Å²) in [5.41, 5.74) is -0.0410. The van der Waals surface area contributed by atoms with Gasteiger partial charge in [-0.2, -0.15) is 0 Å². The molecule has 1 N–H and O–H groups in total. The molecule has 0 aliphatic rings. The van der Waals surface area contributed by atoms with Crippen LogP contribution in [0.5, 0.6) is 11.5 Å². The molecule has 0 fully saturated rings. The largest absolute Gasteiger partial charge is 0.478 e. The highest BCUT2D eigenvalue weighted by molar-refractivity contribution is 7.72. The molecule has 0 unspecified atom stereocenters. The number of halogens is 2. The van der Waals surface area contributed by atoms with E-state index in [-0.39, 0.29) is 21.8 Å². The fraction of sp³-hybridized carbons (Fsp3) is 0.0625. The van der Waals surface area contributed by atoms with E-state index in [0.29, 0.717) is 0 Å². The topological polar surface area (TPSA) is 80.7 Å². The first-order valence-electron chi connectivity index (χ1n) is 6.61. The van der Waals surface area contributed by atoms with Gasteiger partial charge in [0.15, 0.2) is 28.1 Å². The van der Waals surface area contributed by atoms with Gasteiger partial charge in [0.2, 0.25) is 0 Å². The lowest BCUT2D eigenvalue weighted by Crippen LogP contribution is -1.97. The standard InChI is InChI=1S/C16H12F2O5S/c1-9(16(19)20)6-10-7-13(17)15(14(18)8-10)23-11-2-4-12(5-3-11)24(21)22/h2-8,24H,1H3,(H,19,20)/b9-6+. The Labute approximate surface area is 137 Å². The predicted octanol–water partition coefficient (Wildman–Crippen LogP) is 3.22. The summed E-state index contributed by atoms with van der Waals surface area (Å²) in [7, 11) is -2.76. The van der Waals surface area contributed by atoms with E-state index in [0.717, 1.165) is 18.2 Å². The number of rotatable bonds is 5. The van der Waals surface area contributed by atoms with E-state index in [1.807, 2.05) is 0 Å². The molecular formula is C16H12F2O5S. The molecular weight excluding hydrogens is 342 g/mol. The highest BCUT2D eigenvalue weighted by Crippen LogP contribution is 2.29. The van der Waals surface area contributed by atoms with Gasteiger partial charge in [-0.3, -0.25) is 0 Å². The Morgan fingerprint density at radius 2 is 1.67 bits per heavy atom. The predicted molar refractivity (Wildman–Crippen MR) is 82.7 cm³/mol. The van der Waals surface area contributed by atoms with Gasteiger partial charge in [-0.25, -0.2) is 22.0 Å². The third-order valence-corrected chi connectivity index (χ3v) is 3.73. The van der Waals surface area contributed by atoms with Crippen molar-refractivity contribution in [3.8, 4) is 11.5 Å². The van der Waals surface area contributed by atoms with Crippen LogP contribution in [0, 0.1) is 11.6 Å². The second-order valence-electron chi connectivity index (χ2n) is 4.80. The van der Waals surface area contributed by atoms with Crippen LogP contribution in [0.2, 0.25) is 0 Å². The molecule has 5 nitrogen and oxygen atoms in total. The van der Waals surface area contributed by atoms with Crippen LogP contribution >= 0.6 is 0 Å². The van der Waals surface area contributed by atoms with Gasteiger partial charge in [0, 0.05) is 5.57 Å². The van der Waals surface area contributed by atoms with Crippen molar-refractivity contribution in [2.45, 2.75) is 11.8 Å². The molecule has 126 valence electrons.